The van der Waals surface area contributed by atoms with Gasteiger partial charge in [0.05, 0.1) is 19.7 Å². The average molecular weight is 439 g/mol. The number of carbonyl (C=O) groups excluding carboxylic acids is 3. The molecule has 0 aromatic heterocycles. The van der Waals surface area contributed by atoms with Crippen LogP contribution >= 0.6 is 0 Å². The number of aryl methyl sites for hydroxylation is 1. The Morgan fingerprint density at radius 2 is 1.91 bits per heavy atom. The Hall–Kier alpha value is -3.39. The minimum absolute atomic E-state index is 0.0311. The van der Waals surface area contributed by atoms with Crippen molar-refractivity contribution in [3.63, 3.8) is 0 Å². The number of benzene rings is 2. The van der Waals surface area contributed by atoms with Gasteiger partial charge in [0.1, 0.15) is 5.75 Å². The first-order valence-corrected chi connectivity index (χ1v) is 10.6. The van der Waals surface area contributed by atoms with Crippen molar-refractivity contribution in [1.29, 1.82) is 0 Å². The van der Waals surface area contributed by atoms with Gasteiger partial charge in [-0.2, -0.15) is 0 Å². The third kappa shape index (κ3) is 5.45. The molecule has 2 N–H and O–H groups in total. The molecular formula is C24H30N4O4. The Bertz CT molecular complexity index is 1010. The van der Waals surface area contributed by atoms with Crippen molar-refractivity contribution in [2.45, 2.75) is 19.9 Å². The minimum atomic E-state index is -0.239. The number of piperazine rings is 1. The van der Waals surface area contributed by atoms with Crippen LogP contribution in [-0.4, -0.2) is 67.9 Å². The zero-order valence-electron chi connectivity index (χ0n) is 19.0. The van der Waals surface area contributed by atoms with Gasteiger partial charge in [-0.3, -0.25) is 19.3 Å². The number of amides is 3. The highest BCUT2D eigenvalue weighted by molar-refractivity contribution is 5.94. The van der Waals surface area contributed by atoms with Crippen LogP contribution in [0.5, 0.6) is 5.75 Å². The molecule has 1 aliphatic rings. The first kappa shape index (κ1) is 23.3. The summed E-state index contributed by atoms with van der Waals surface area (Å²) < 4.78 is 5.25. The Morgan fingerprint density at radius 3 is 2.59 bits per heavy atom. The predicted molar refractivity (Wildman–Crippen MR) is 123 cm³/mol. The molecule has 3 rings (SSSR count). The number of rotatable bonds is 6. The average Bonchev–Trinajstić information content (AvgIpc) is 2.79. The van der Waals surface area contributed by atoms with Crippen molar-refractivity contribution in [2.24, 2.45) is 0 Å². The van der Waals surface area contributed by atoms with Gasteiger partial charge < -0.3 is 20.3 Å². The third-order valence-electron chi connectivity index (χ3n) is 5.72. The second-order valence-electron chi connectivity index (χ2n) is 7.90. The molecule has 8 heteroatoms. The largest absolute Gasteiger partial charge is 0.497 e. The van der Waals surface area contributed by atoms with E-state index in [0.717, 1.165) is 11.1 Å². The van der Waals surface area contributed by atoms with Gasteiger partial charge in [0.25, 0.3) is 5.91 Å². The minimum Gasteiger partial charge on any atom is -0.497 e. The molecule has 170 valence electrons. The lowest BCUT2D eigenvalue weighted by atomic mass is 9.99. The lowest BCUT2D eigenvalue weighted by molar-refractivity contribution is -0.134. The van der Waals surface area contributed by atoms with Crippen molar-refractivity contribution in [3.8, 4) is 5.75 Å². The number of nitrogens with zero attached hydrogens (tertiary/aromatic N) is 2. The zero-order valence-corrected chi connectivity index (χ0v) is 19.0. The summed E-state index contributed by atoms with van der Waals surface area (Å²) in [4.78, 5) is 40.9. The maximum atomic E-state index is 12.7. The van der Waals surface area contributed by atoms with E-state index in [-0.39, 0.29) is 30.3 Å². The van der Waals surface area contributed by atoms with Gasteiger partial charge in [-0.1, -0.05) is 18.2 Å². The van der Waals surface area contributed by atoms with E-state index in [9.17, 15) is 14.4 Å². The number of nitrogens with one attached hydrogen (secondary N) is 2. The summed E-state index contributed by atoms with van der Waals surface area (Å²) in [5.74, 6) is 0.339. The number of ether oxygens (including phenoxy) is 1. The zero-order chi connectivity index (χ0) is 23.3. The van der Waals surface area contributed by atoms with Crippen LogP contribution in [0.2, 0.25) is 0 Å². The van der Waals surface area contributed by atoms with E-state index in [1.54, 1.807) is 38.1 Å². The van der Waals surface area contributed by atoms with Crippen LogP contribution in [0.1, 0.15) is 34.5 Å². The quantitative estimate of drug-likeness (QED) is 0.722. The molecule has 2 aromatic carbocycles. The van der Waals surface area contributed by atoms with Crippen molar-refractivity contribution in [1.82, 2.24) is 15.1 Å². The summed E-state index contributed by atoms with van der Waals surface area (Å²) in [6, 6.07) is 12.6. The second kappa shape index (κ2) is 10.3. The summed E-state index contributed by atoms with van der Waals surface area (Å²) in [5.41, 5.74) is 3.07. The van der Waals surface area contributed by atoms with Crippen LogP contribution in [0.15, 0.2) is 42.5 Å². The molecular weight excluding hydrogens is 408 g/mol. The topological polar surface area (TPSA) is 91.0 Å². The van der Waals surface area contributed by atoms with Crippen LogP contribution in [0.25, 0.3) is 0 Å². The lowest BCUT2D eigenvalue weighted by Gasteiger charge is -2.41. The van der Waals surface area contributed by atoms with Gasteiger partial charge in [0, 0.05) is 50.9 Å². The lowest BCUT2D eigenvalue weighted by Crippen LogP contribution is -2.51. The van der Waals surface area contributed by atoms with E-state index >= 15 is 0 Å². The van der Waals surface area contributed by atoms with Gasteiger partial charge in [-0.15, -0.1) is 0 Å². The van der Waals surface area contributed by atoms with Gasteiger partial charge >= 0.3 is 0 Å². The Kier molecular flexibility index (Phi) is 7.48. The van der Waals surface area contributed by atoms with E-state index in [0.29, 0.717) is 36.6 Å². The van der Waals surface area contributed by atoms with Crippen molar-refractivity contribution < 1.29 is 19.1 Å². The number of anilines is 1. The third-order valence-corrected chi connectivity index (χ3v) is 5.72. The highest BCUT2D eigenvalue weighted by Crippen LogP contribution is 2.27. The molecule has 0 bridgehead atoms. The first-order valence-electron chi connectivity index (χ1n) is 10.6. The van der Waals surface area contributed by atoms with Crippen molar-refractivity contribution in [2.75, 3.05) is 45.7 Å². The molecule has 1 heterocycles. The summed E-state index contributed by atoms with van der Waals surface area (Å²) in [6.07, 6.45) is 0. The number of carbonyl (C=O) groups is 3. The molecule has 1 aliphatic heterocycles. The maximum Gasteiger partial charge on any atom is 0.251 e. The number of hydrogen-bond acceptors (Lipinski definition) is 5. The van der Waals surface area contributed by atoms with E-state index in [1.165, 1.54) is 0 Å². The molecule has 32 heavy (non-hydrogen) atoms. The Labute approximate surface area is 188 Å². The molecule has 0 radical (unpaired) electrons. The predicted octanol–water partition coefficient (Wildman–Crippen LogP) is 2.21. The smallest absolute Gasteiger partial charge is 0.251 e. The standard InChI is InChI=1S/C24H30N4O4/c1-16-8-9-20(32-4)13-21(16)26-23(30)15-27-10-11-28(17(2)29)22(14-27)18-6-5-7-19(12-18)24(31)25-3/h5-9,12-13,22H,10-11,14-15H2,1-4H3,(H,25,31)(H,26,30)/t22-/m0/s1. The Morgan fingerprint density at radius 1 is 1.12 bits per heavy atom. The fourth-order valence-corrected chi connectivity index (χ4v) is 3.93. The van der Waals surface area contributed by atoms with Crippen LogP contribution in [-0.2, 0) is 9.59 Å². The molecule has 1 atom stereocenters. The molecule has 0 unspecified atom stereocenters. The van der Waals surface area contributed by atoms with E-state index < -0.39 is 0 Å². The summed E-state index contributed by atoms with van der Waals surface area (Å²) in [7, 11) is 3.17. The monoisotopic (exact) mass is 438 g/mol. The molecule has 2 aromatic rings. The molecule has 1 saturated heterocycles. The van der Waals surface area contributed by atoms with Crippen LogP contribution < -0.4 is 15.4 Å². The number of hydrogen-bond donors (Lipinski definition) is 2. The van der Waals surface area contributed by atoms with Crippen molar-refractivity contribution >= 4 is 23.4 Å². The summed E-state index contributed by atoms with van der Waals surface area (Å²) in [6.45, 7) is 5.28. The maximum absolute atomic E-state index is 12.7. The van der Waals surface area contributed by atoms with E-state index in [4.69, 9.17) is 4.74 Å². The highest BCUT2D eigenvalue weighted by Gasteiger charge is 2.31. The van der Waals surface area contributed by atoms with Crippen molar-refractivity contribution in [3.05, 3.63) is 59.2 Å². The molecule has 0 saturated carbocycles. The fraction of sp³-hybridized carbons (Fsp3) is 0.375. The van der Waals surface area contributed by atoms with E-state index in [2.05, 4.69) is 10.6 Å². The summed E-state index contributed by atoms with van der Waals surface area (Å²) >= 11 is 0. The molecule has 0 aliphatic carbocycles. The van der Waals surface area contributed by atoms with Gasteiger partial charge in [-0.25, -0.2) is 0 Å². The highest BCUT2D eigenvalue weighted by atomic mass is 16.5. The van der Waals surface area contributed by atoms with E-state index in [1.807, 2.05) is 42.2 Å². The second-order valence-corrected chi connectivity index (χ2v) is 7.90. The SMILES string of the molecule is CNC(=O)c1cccc([C@@H]2CN(CC(=O)Nc3cc(OC)ccc3C)CCN2C(C)=O)c1. The Balaban J connectivity index is 1.74. The molecule has 1 fully saturated rings. The molecule has 0 spiro atoms. The normalized spacial score (nSPS) is 16.4. The van der Waals surface area contributed by atoms with Crippen LogP contribution in [0.4, 0.5) is 5.69 Å². The van der Waals surface area contributed by atoms with Gasteiger partial charge in [-0.05, 0) is 36.2 Å². The first-order chi connectivity index (χ1) is 15.3. The van der Waals surface area contributed by atoms with Crippen LogP contribution in [0, 0.1) is 6.92 Å². The fourth-order valence-electron chi connectivity index (χ4n) is 3.93. The summed E-state index contributed by atoms with van der Waals surface area (Å²) in [5, 5.41) is 5.58. The van der Waals surface area contributed by atoms with Crippen LogP contribution in [0.3, 0.4) is 0 Å². The molecule has 8 nitrogen and oxygen atoms in total. The van der Waals surface area contributed by atoms with Gasteiger partial charge in [0.2, 0.25) is 11.8 Å². The number of methoxy groups -OCH3 is 1. The molecule has 3 amide bonds. The van der Waals surface area contributed by atoms with Gasteiger partial charge in [0.15, 0.2) is 0 Å².